The van der Waals surface area contributed by atoms with E-state index in [0.717, 1.165) is 10.0 Å². The maximum atomic E-state index is 10.8. The largest absolute Gasteiger partial charge is 0.416 e. The van der Waals surface area contributed by atoms with Gasteiger partial charge in [-0.25, -0.2) is 0 Å². The Balaban J connectivity index is 1.97. The van der Waals surface area contributed by atoms with E-state index in [1.165, 1.54) is 6.07 Å². The van der Waals surface area contributed by atoms with E-state index in [1.54, 1.807) is 19.1 Å². The molecule has 0 unspecified atom stereocenters. The Bertz CT molecular complexity index is 861. The summed E-state index contributed by atoms with van der Waals surface area (Å²) in [5.41, 5.74) is 2.06. The van der Waals surface area contributed by atoms with Crippen LogP contribution in [-0.4, -0.2) is 15.1 Å². The van der Waals surface area contributed by atoms with Crippen molar-refractivity contribution in [2.75, 3.05) is 0 Å². The second kappa shape index (κ2) is 5.69. The molecule has 0 N–H and O–H groups in total. The SMILES string of the molecule is Cc1cc(-c2nnc(-c3cccc(Br)c3)o2)ccc1[N+](=O)[O-]. The highest BCUT2D eigenvalue weighted by Crippen LogP contribution is 2.28. The van der Waals surface area contributed by atoms with Gasteiger partial charge < -0.3 is 4.42 Å². The molecule has 0 aliphatic carbocycles. The van der Waals surface area contributed by atoms with Crippen LogP contribution in [0.3, 0.4) is 0 Å². The highest BCUT2D eigenvalue weighted by atomic mass is 79.9. The first kappa shape index (κ1) is 14.4. The van der Waals surface area contributed by atoms with Crippen molar-refractivity contribution in [2.45, 2.75) is 6.92 Å². The number of nitro benzene ring substituents is 1. The van der Waals surface area contributed by atoms with Crippen molar-refractivity contribution in [3.8, 4) is 22.9 Å². The Kier molecular flexibility index (Phi) is 3.72. The molecule has 0 amide bonds. The number of aromatic nitrogens is 2. The molecule has 3 rings (SSSR count). The van der Waals surface area contributed by atoms with E-state index in [4.69, 9.17) is 4.42 Å². The van der Waals surface area contributed by atoms with E-state index in [2.05, 4.69) is 26.1 Å². The molecule has 6 nitrogen and oxygen atoms in total. The molecule has 7 heteroatoms. The fourth-order valence-corrected chi connectivity index (χ4v) is 2.47. The summed E-state index contributed by atoms with van der Waals surface area (Å²) in [4.78, 5) is 10.4. The predicted molar refractivity (Wildman–Crippen MR) is 84.3 cm³/mol. The average molecular weight is 360 g/mol. The summed E-state index contributed by atoms with van der Waals surface area (Å²) in [5, 5.41) is 18.9. The maximum absolute atomic E-state index is 10.8. The Labute approximate surface area is 134 Å². The molecule has 3 aromatic rings. The molecule has 0 fully saturated rings. The van der Waals surface area contributed by atoms with E-state index in [1.807, 2.05) is 24.3 Å². The molecular formula is C15H10BrN3O3. The van der Waals surface area contributed by atoms with E-state index < -0.39 is 4.92 Å². The monoisotopic (exact) mass is 359 g/mol. The van der Waals surface area contributed by atoms with Crippen molar-refractivity contribution >= 4 is 21.6 Å². The van der Waals surface area contributed by atoms with Gasteiger partial charge in [0.15, 0.2) is 0 Å². The van der Waals surface area contributed by atoms with Gasteiger partial charge in [-0.15, -0.1) is 10.2 Å². The fraction of sp³-hybridized carbons (Fsp3) is 0.0667. The van der Waals surface area contributed by atoms with Crippen LogP contribution in [0.25, 0.3) is 22.9 Å². The normalized spacial score (nSPS) is 10.6. The zero-order chi connectivity index (χ0) is 15.7. The minimum atomic E-state index is -0.417. The maximum Gasteiger partial charge on any atom is 0.272 e. The summed E-state index contributed by atoms with van der Waals surface area (Å²) < 4.78 is 6.57. The predicted octanol–water partition coefficient (Wildman–Crippen LogP) is 4.38. The molecule has 1 aromatic heterocycles. The van der Waals surface area contributed by atoms with Gasteiger partial charge in [-0.1, -0.05) is 22.0 Å². The first-order valence-corrected chi connectivity index (χ1v) is 7.19. The summed E-state index contributed by atoms with van der Waals surface area (Å²) in [6.07, 6.45) is 0. The Hall–Kier alpha value is -2.54. The summed E-state index contributed by atoms with van der Waals surface area (Å²) in [6.45, 7) is 1.67. The number of halogens is 1. The zero-order valence-corrected chi connectivity index (χ0v) is 13.1. The van der Waals surface area contributed by atoms with Crippen LogP contribution in [-0.2, 0) is 0 Å². The quantitative estimate of drug-likeness (QED) is 0.511. The Morgan fingerprint density at radius 2 is 1.77 bits per heavy atom. The lowest BCUT2D eigenvalue weighted by molar-refractivity contribution is -0.385. The van der Waals surface area contributed by atoms with Crippen LogP contribution in [0, 0.1) is 17.0 Å². The number of benzene rings is 2. The summed E-state index contributed by atoms with van der Waals surface area (Å²) in [7, 11) is 0. The summed E-state index contributed by atoms with van der Waals surface area (Å²) in [5.74, 6) is 0.722. The van der Waals surface area contributed by atoms with Crippen molar-refractivity contribution in [1.82, 2.24) is 10.2 Å². The van der Waals surface area contributed by atoms with Crippen molar-refractivity contribution in [1.29, 1.82) is 0 Å². The average Bonchev–Trinajstić information content (AvgIpc) is 2.96. The molecule has 110 valence electrons. The van der Waals surface area contributed by atoms with Gasteiger partial charge in [0.1, 0.15) is 0 Å². The third-order valence-electron chi connectivity index (χ3n) is 3.14. The van der Waals surface area contributed by atoms with Gasteiger partial charge in [-0.3, -0.25) is 10.1 Å². The molecule has 0 bridgehead atoms. The van der Waals surface area contributed by atoms with Crippen LogP contribution < -0.4 is 0 Å². The lowest BCUT2D eigenvalue weighted by Crippen LogP contribution is -1.91. The molecule has 0 aliphatic heterocycles. The molecule has 0 aliphatic rings. The van der Waals surface area contributed by atoms with Gasteiger partial charge in [-0.05, 0) is 37.3 Å². The smallest absolute Gasteiger partial charge is 0.272 e. The number of rotatable bonds is 3. The van der Waals surface area contributed by atoms with Crippen LogP contribution in [0.2, 0.25) is 0 Å². The van der Waals surface area contributed by atoms with E-state index >= 15 is 0 Å². The van der Waals surface area contributed by atoms with Crippen LogP contribution in [0.4, 0.5) is 5.69 Å². The summed E-state index contributed by atoms with van der Waals surface area (Å²) in [6, 6.07) is 12.2. The number of hydrogen-bond acceptors (Lipinski definition) is 5. The highest BCUT2D eigenvalue weighted by molar-refractivity contribution is 9.10. The minimum absolute atomic E-state index is 0.0653. The van der Waals surface area contributed by atoms with Gasteiger partial charge in [0, 0.05) is 27.2 Å². The van der Waals surface area contributed by atoms with Crippen LogP contribution in [0.1, 0.15) is 5.56 Å². The molecule has 0 radical (unpaired) electrons. The third-order valence-corrected chi connectivity index (χ3v) is 3.63. The number of nitro groups is 1. The van der Waals surface area contributed by atoms with Crippen LogP contribution in [0.15, 0.2) is 51.4 Å². The van der Waals surface area contributed by atoms with E-state index in [0.29, 0.717) is 22.9 Å². The lowest BCUT2D eigenvalue weighted by atomic mass is 10.1. The molecule has 0 saturated carbocycles. The molecule has 0 saturated heterocycles. The summed E-state index contributed by atoms with van der Waals surface area (Å²) >= 11 is 3.39. The zero-order valence-electron chi connectivity index (χ0n) is 11.5. The van der Waals surface area contributed by atoms with Crippen molar-refractivity contribution < 1.29 is 9.34 Å². The van der Waals surface area contributed by atoms with Crippen molar-refractivity contribution in [3.63, 3.8) is 0 Å². The molecule has 1 heterocycles. The first-order chi connectivity index (χ1) is 10.5. The second-order valence-corrected chi connectivity index (χ2v) is 5.60. The van der Waals surface area contributed by atoms with E-state index in [-0.39, 0.29) is 5.69 Å². The van der Waals surface area contributed by atoms with E-state index in [9.17, 15) is 10.1 Å². The van der Waals surface area contributed by atoms with Gasteiger partial charge >= 0.3 is 0 Å². The third kappa shape index (κ3) is 2.75. The number of hydrogen-bond donors (Lipinski definition) is 0. The molecule has 22 heavy (non-hydrogen) atoms. The highest BCUT2D eigenvalue weighted by Gasteiger charge is 2.15. The lowest BCUT2D eigenvalue weighted by Gasteiger charge is -1.99. The van der Waals surface area contributed by atoms with Gasteiger partial charge in [0.05, 0.1) is 4.92 Å². The van der Waals surface area contributed by atoms with Crippen LogP contribution in [0.5, 0.6) is 0 Å². The van der Waals surface area contributed by atoms with Gasteiger partial charge in [0.25, 0.3) is 5.69 Å². The van der Waals surface area contributed by atoms with Crippen molar-refractivity contribution in [3.05, 3.63) is 62.6 Å². The molecule has 0 atom stereocenters. The van der Waals surface area contributed by atoms with Gasteiger partial charge in [-0.2, -0.15) is 0 Å². The number of nitrogens with zero attached hydrogens (tertiary/aromatic N) is 3. The molecule has 0 spiro atoms. The topological polar surface area (TPSA) is 82.1 Å². The van der Waals surface area contributed by atoms with Crippen LogP contribution >= 0.6 is 15.9 Å². The number of aryl methyl sites for hydroxylation is 1. The van der Waals surface area contributed by atoms with Gasteiger partial charge in [0.2, 0.25) is 11.8 Å². The molecule has 2 aromatic carbocycles. The first-order valence-electron chi connectivity index (χ1n) is 6.39. The standard InChI is InChI=1S/C15H10BrN3O3/c1-9-7-11(5-6-13(9)19(20)21)15-18-17-14(22-15)10-3-2-4-12(16)8-10/h2-8H,1H3. The molecular weight excluding hydrogens is 350 g/mol. The fourth-order valence-electron chi connectivity index (χ4n) is 2.07. The second-order valence-electron chi connectivity index (χ2n) is 4.68. The van der Waals surface area contributed by atoms with Crippen molar-refractivity contribution in [2.24, 2.45) is 0 Å². The Morgan fingerprint density at radius 3 is 2.36 bits per heavy atom. The Morgan fingerprint density at radius 1 is 1.09 bits per heavy atom. The minimum Gasteiger partial charge on any atom is -0.416 e.